The third-order valence-corrected chi connectivity index (χ3v) is 4.71. The molecular weight excluding hydrogens is 312 g/mol. The Labute approximate surface area is 119 Å². The number of hydrogen-bond donors (Lipinski definition) is 0. The van der Waals surface area contributed by atoms with E-state index >= 15 is 0 Å². The summed E-state index contributed by atoms with van der Waals surface area (Å²) in [5.41, 5.74) is 1.38. The SMILES string of the molecule is Brc1cc(CCN2CCOCC2)cc2sncc12. The molecule has 18 heavy (non-hydrogen) atoms. The molecule has 3 rings (SSSR count). The maximum absolute atomic E-state index is 5.36. The first kappa shape index (κ1) is 12.5. The van der Waals surface area contributed by atoms with Gasteiger partial charge in [0.2, 0.25) is 0 Å². The maximum atomic E-state index is 5.36. The third-order valence-electron chi connectivity index (χ3n) is 3.30. The number of halogens is 1. The van der Waals surface area contributed by atoms with Gasteiger partial charge in [-0.05, 0) is 35.6 Å². The summed E-state index contributed by atoms with van der Waals surface area (Å²) in [7, 11) is 0. The van der Waals surface area contributed by atoms with E-state index in [9.17, 15) is 0 Å². The van der Waals surface area contributed by atoms with Crippen LogP contribution in [0.2, 0.25) is 0 Å². The van der Waals surface area contributed by atoms with E-state index in [-0.39, 0.29) is 0 Å². The summed E-state index contributed by atoms with van der Waals surface area (Å²) in [5, 5.41) is 1.22. The van der Waals surface area contributed by atoms with Gasteiger partial charge in [0.1, 0.15) is 0 Å². The number of benzene rings is 1. The molecule has 0 radical (unpaired) electrons. The van der Waals surface area contributed by atoms with Gasteiger partial charge in [0, 0.05) is 35.7 Å². The molecule has 1 fully saturated rings. The Balaban J connectivity index is 1.70. The van der Waals surface area contributed by atoms with Crippen molar-refractivity contribution in [3.05, 3.63) is 28.4 Å². The molecule has 2 aromatic rings. The Morgan fingerprint density at radius 3 is 3.00 bits per heavy atom. The lowest BCUT2D eigenvalue weighted by molar-refractivity contribution is 0.0384. The molecule has 2 heterocycles. The van der Waals surface area contributed by atoms with Crippen LogP contribution in [0.4, 0.5) is 0 Å². The van der Waals surface area contributed by atoms with Gasteiger partial charge >= 0.3 is 0 Å². The highest BCUT2D eigenvalue weighted by Crippen LogP contribution is 2.28. The predicted octanol–water partition coefficient (Wildman–Crippen LogP) is 2.93. The maximum Gasteiger partial charge on any atom is 0.0594 e. The summed E-state index contributed by atoms with van der Waals surface area (Å²) >= 11 is 5.19. The topological polar surface area (TPSA) is 25.4 Å². The Kier molecular flexibility index (Phi) is 3.94. The molecule has 1 saturated heterocycles. The van der Waals surface area contributed by atoms with Crippen molar-refractivity contribution in [2.75, 3.05) is 32.8 Å². The molecule has 1 aromatic carbocycles. The van der Waals surface area contributed by atoms with E-state index in [0.717, 1.165) is 43.7 Å². The van der Waals surface area contributed by atoms with Crippen molar-refractivity contribution < 1.29 is 4.74 Å². The summed E-state index contributed by atoms with van der Waals surface area (Å²) in [4.78, 5) is 2.47. The molecule has 5 heteroatoms. The van der Waals surface area contributed by atoms with Crippen LogP contribution in [-0.4, -0.2) is 42.1 Å². The zero-order valence-electron chi connectivity index (χ0n) is 10.1. The predicted molar refractivity (Wildman–Crippen MR) is 78.3 cm³/mol. The number of nitrogens with zero attached hydrogens (tertiary/aromatic N) is 2. The number of aromatic nitrogens is 1. The molecule has 0 spiro atoms. The summed E-state index contributed by atoms with van der Waals surface area (Å²) in [6.07, 6.45) is 3.02. The average molecular weight is 327 g/mol. The van der Waals surface area contributed by atoms with Gasteiger partial charge in [0.05, 0.1) is 17.9 Å². The zero-order valence-corrected chi connectivity index (χ0v) is 12.5. The molecular formula is C13H15BrN2OS. The van der Waals surface area contributed by atoms with Gasteiger partial charge in [0.15, 0.2) is 0 Å². The van der Waals surface area contributed by atoms with E-state index in [1.54, 1.807) is 11.5 Å². The summed E-state index contributed by atoms with van der Waals surface area (Å²) < 4.78 is 12.0. The normalized spacial score (nSPS) is 17.4. The highest BCUT2D eigenvalue weighted by atomic mass is 79.9. The number of fused-ring (bicyclic) bond motifs is 1. The Morgan fingerprint density at radius 2 is 2.17 bits per heavy atom. The Morgan fingerprint density at radius 1 is 1.33 bits per heavy atom. The van der Waals surface area contributed by atoms with Crippen LogP contribution in [-0.2, 0) is 11.2 Å². The first-order valence-electron chi connectivity index (χ1n) is 6.16. The lowest BCUT2D eigenvalue weighted by Gasteiger charge is -2.26. The number of ether oxygens (including phenoxy) is 1. The molecule has 1 aliphatic rings. The molecule has 0 bridgehead atoms. The summed E-state index contributed by atoms with van der Waals surface area (Å²) in [6.45, 7) is 4.98. The van der Waals surface area contributed by atoms with Crippen LogP contribution in [0.25, 0.3) is 10.1 Å². The van der Waals surface area contributed by atoms with Crippen molar-refractivity contribution >= 4 is 37.5 Å². The minimum Gasteiger partial charge on any atom is -0.379 e. The van der Waals surface area contributed by atoms with Crippen molar-refractivity contribution in [1.82, 2.24) is 9.27 Å². The molecule has 1 aromatic heterocycles. The van der Waals surface area contributed by atoms with Crippen molar-refractivity contribution in [2.45, 2.75) is 6.42 Å². The van der Waals surface area contributed by atoms with Crippen molar-refractivity contribution in [3.8, 4) is 0 Å². The molecule has 1 aliphatic heterocycles. The van der Waals surface area contributed by atoms with E-state index in [4.69, 9.17) is 4.74 Å². The van der Waals surface area contributed by atoms with E-state index in [0.29, 0.717) is 0 Å². The van der Waals surface area contributed by atoms with Crippen LogP contribution in [0.5, 0.6) is 0 Å². The van der Waals surface area contributed by atoms with Gasteiger partial charge in [-0.1, -0.05) is 15.9 Å². The number of morpholine rings is 1. The van der Waals surface area contributed by atoms with E-state index in [1.807, 2.05) is 6.20 Å². The smallest absolute Gasteiger partial charge is 0.0594 e. The van der Waals surface area contributed by atoms with Crippen molar-refractivity contribution in [1.29, 1.82) is 0 Å². The van der Waals surface area contributed by atoms with Gasteiger partial charge in [-0.15, -0.1) is 0 Å². The van der Waals surface area contributed by atoms with Crippen LogP contribution < -0.4 is 0 Å². The van der Waals surface area contributed by atoms with Gasteiger partial charge in [-0.3, -0.25) is 4.90 Å². The minimum absolute atomic E-state index is 0.873. The molecule has 0 amide bonds. The largest absolute Gasteiger partial charge is 0.379 e. The first-order valence-corrected chi connectivity index (χ1v) is 7.72. The zero-order chi connectivity index (χ0) is 12.4. The van der Waals surface area contributed by atoms with Gasteiger partial charge in [0.25, 0.3) is 0 Å². The number of hydrogen-bond acceptors (Lipinski definition) is 4. The summed E-state index contributed by atoms with van der Waals surface area (Å²) in [6, 6.07) is 4.48. The highest BCUT2D eigenvalue weighted by Gasteiger charge is 2.11. The summed E-state index contributed by atoms with van der Waals surface area (Å²) in [5.74, 6) is 0. The van der Waals surface area contributed by atoms with E-state index in [2.05, 4.69) is 37.3 Å². The lowest BCUT2D eigenvalue weighted by atomic mass is 10.1. The van der Waals surface area contributed by atoms with Crippen LogP contribution in [0.15, 0.2) is 22.8 Å². The molecule has 96 valence electrons. The fraction of sp³-hybridized carbons (Fsp3) is 0.462. The fourth-order valence-corrected chi connectivity index (χ4v) is 3.72. The van der Waals surface area contributed by atoms with Crippen molar-refractivity contribution in [3.63, 3.8) is 0 Å². The van der Waals surface area contributed by atoms with Crippen LogP contribution in [0.3, 0.4) is 0 Å². The standard InChI is InChI=1S/C13H15BrN2OS/c14-12-7-10(8-13-11(12)9-15-18-13)1-2-16-3-5-17-6-4-16/h7-9H,1-6H2. The monoisotopic (exact) mass is 326 g/mol. The molecule has 0 unspecified atom stereocenters. The van der Waals surface area contributed by atoms with Gasteiger partial charge in [-0.25, -0.2) is 0 Å². The molecule has 0 N–H and O–H groups in total. The molecule has 0 saturated carbocycles. The third kappa shape index (κ3) is 2.74. The Bertz CT molecular complexity index is 537. The second kappa shape index (κ2) is 5.65. The average Bonchev–Trinajstić information content (AvgIpc) is 2.86. The quantitative estimate of drug-likeness (QED) is 0.867. The second-order valence-corrected chi connectivity index (χ2v) is 6.21. The molecule has 0 atom stereocenters. The number of rotatable bonds is 3. The second-order valence-electron chi connectivity index (χ2n) is 4.52. The van der Waals surface area contributed by atoms with Crippen LogP contribution in [0, 0.1) is 0 Å². The van der Waals surface area contributed by atoms with Crippen molar-refractivity contribution in [2.24, 2.45) is 0 Å². The highest BCUT2D eigenvalue weighted by molar-refractivity contribution is 9.10. The van der Waals surface area contributed by atoms with Gasteiger partial charge < -0.3 is 4.74 Å². The first-order chi connectivity index (χ1) is 8.83. The van der Waals surface area contributed by atoms with E-state index in [1.165, 1.54) is 15.6 Å². The van der Waals surface area contributed by atoms with Gasteiger partial charge in [-0.2, -0.15) is 4.37 Å². The van der Waals surface area contributed by atoms with Crippen LogP contribution >= 0.6 is 27.5 Å². The van der Waals surface area contributed by atoms with Crippen LogP contribution in [0.1, 0.15) is 5.56 Å². The van der Waals surface area contributed by atoms with E-state index < -0.39 is 0 Å². The fourth-order valence-electron chi connectivity index (χ4n) is 2.24. The minimum atomic E-state index is 0.873. The molecule has 3 nitrogen and oxygen atoms in total. The molecule has 0 aliphatic carbocycles. The lowest BCUT2D eigenvalue weighted by Crippen LogP contribution is -2.37. The Hall–Kier alpha value is -0.490.